The minimum atomic E-state index is -0.982. The molecular weight excluding hydrogens is 222 g/mol. The molecule has 90 valence electrons. The number of carboxylic acid groups (broad SMARTS) is 1. The Balaban J connectivity index is 1.92. The van der Waals surface area contributed by atoms with Crippen LogP contribution in [0, 0.1) is 0 Å². The number of benzene rings is 1. The number of hydrogen-bond acceptors (Lipinski definition) is 3. The third-order valence-corrected chi connectivity index (χ3v) is 2.62. The van der Waals surface area contributed by atoms with Crippen molar-refractivity contribution in [3.63, 3.8) is 0 Å². The zero-order valence-electron chi connectivity index (χ0n) is 9.18. The lowest BCUT2D eigenvalue weighted by Crippen LogP contribution is -2.30. The third kappa shape index (κ3) is 2.96. The number of aromatic carboxylic acids is 1. The van der Waals surface area contributed by atoms with Crippen LogP contribution in [0.3, 0.4) is 0 Å². The van der Waals surface area contributed by atoms with Crippen LogP contribution in [-0.4, -0.2) is 29.6 Å². The van der Waals surface area contributed by atoms with E-state index in [1.807, 2.05) is 0 Å². The largest absolute Gasteiger partial charge is 0.491 e. The standard InChI is InChI=1S/C12H13NO4/c14-11-5-4-9(13-11)7-17-10-3-1-2-8(6-10)12(15)16/h1-3,6,9H,4-5,7H2,(H,13,14)(H,15,16). The van der Waals surface area contributed by atoms with Gasteiger partial charge in [-0.3, -0.25) is 4.79 Å². The molecule has 1 fully saturated rings. The third-order valence-electron chi connectivity index (χ3n) is 2.62. The lowest BCUT2D eigenvalue weighted by molar-refractivity contribution is -0.119. The lowest BCUT2D eigenvalue weighted by atomic mass is 10.2. The van der Waals surface area contributed by atoms with E-state index in [0.29, 0.717) is 18.8 Å². The Labute approximate surface area is 98.4 Å². The first-order valence-electron chi connectivity index (χ1n) is 5.40. The Morgan fingerprint density at radius 1 is 1.53 bits per heavy atom. The molecule has 1 aromatic carbocycles. The molecule has 1 aliphatic heterocycles. The summed E-state index contributed by atoms with van der Waals surface area (Å²) < 4.78 is 5.45. The maximum Gasteiger partial charge on any atom is 0.335 e. The van der Waals surface area contributed by atoms with Gasteiger partial charge < -0.3 is 15.2 Å². The molecule has 0 spiro atoms. The Kier molecular flexibility index (Phi) is 3.27. The van der Waals surface area contributed by atoms with E-state index in [0.717, 1.165) is 6.42 Å². The predicted octanol–water partition coefficient (Wildman–Crippen LogP) is 1.04. The SMILES string of the molecule is O=C1CCC(COc2cccc(C(=O)O)c2)N1. The molecule has 0 aliphatic carbocycles. The zero-order valence-corrected chi connectivity index (χ0v) is 9.18. The van der Waals surface area contributed by atoms with Crippen LogP contribution in [0.25, 0.3) is 0 Å². The van der Waals surface area contributed by atoms with Gasteiger partial charge in [-0.15, -0.1) is 0 Å². The molecule has 17 heavy (non-hydrogen) atoms. The number of carbonyl (C=O) groups is 2. The van der Waals surface area contributed by atoms with Crippen molar-refractivity contribution in [2.45, 2.75) is 18.9 Å². The van der Waals surface area contributed by atoms with Gasteiger partial charge in [0.05, 0.1) is 11.6 Å². The summed E-state index contributed by atoms with van der Waals surface area (Å²) in [6.45, 7) is 0.370. The minimum Gasteiger partial charge on any atom is -0.491 e. The highest BCUT2D eigenvalue weighted by molar-refractivity contribution is 5.88. The molecule has 2 rings (SSSR count). The second-order valence-corrected chi connectivity index (χ2v) is 3.95. The van der Waals surface area contributed by atoms with Crippen LogP contribution in [0.5, 0.6) is 5.75 Å². The monoisotopic (exact) mass is 235 g/mol. The average molecular weight is 235 g/mol. The number of carboxylic acids is 1. The molecule has 1 aromatic rings. The van der Waals surface area contributed by atoms with E-state index >= 15 is 0 Å². The number of ether oxygens (including phenoxy) is 1. The average Bonchev–Trinajstić information content (AvgIpc) is 2.73. The van der Waals surface area contributed by atoms with Crippen LogP contribution in [-0.2, 0) is 4.79 Å². The highest BCUT2D eigenvalue weighted by Crippen LogP contribution is 2.15. The molecule has 1 saturated heterocycles. The van der Waals surface area contributed by atoms with Crippen LogP contribution >= 0.6 is 0 Å². The van der Waals surface area contributed by atoms with Gasteiger partial charge in [0.1, 0.15) is 12.4 Å². The molecule has 0 radical (unpaired) electrons. The number of nitrogens with one attached hydrogen (secondary N) is 1. The van der Waals surface area contributed by atoms with Gasteiger partial charge in [0.15, 0.2) is 0 Å². The van der Waals surface area contributed by atoms with Gasteiger partial charge in [-0.25, -0.2) is 4.79 Å². The number of hydrogen-bond donors (Lipinski definition) is 2. The second kappa shape index (κ2) is 4.86. The van der Waals surface area contributed by atoms with Crippen LogP contribution in [0.2, 0.25) is 0 Å². The highest BCUT2D eigenvalue weighted by atomic mass is 16.5. The summed E-state index contributed by atoms with van der Waals surface area (Å²) in [5, 5.41) is 11.6. The molecule has 1 atom stereocenters. The molecule has 1 amide bonds. The van der Waals surface area contributed by atoms with E-state index in [1.165, 1.54) is 12.1 Å². The van der Waals surface area contributed by atoms with E-state index < -0.39 is 5.97 Å². The fourth-order valence-corrected chi connectivity index (χ4v) is 1.72. The molecule has 0 bridgehead atoms. The molecule has 2 N–H and O–H groups in total. The Morgan fingerprint density at radius 2 is 2.35 bits per heavy atom. The predicted molar refractivity (Wildman–Crippen MR) is 60.1 cm³/mol. The van der Waals surface area contributed by atoms with Gasteiger partial charge in [-0.1, -0.05) is 6.07 Å². The molecule has 5 heteroatoms. The summed E-state index contributed by atoms with van der Waals surface area (Å²) in [7, 11) is 0. The smallest absolute Gasteiger partial charge is 0.335 e. The van der Waals surface area contributed by atoms with Crippen LogP contribution in [0.1, 0.15) is 23.2 Å². The number of amides is 1. The summed E-state index contributed by atoms with van der Waals surface area (Å²) in [6.07, 6.45) is 1.29. The second-order valence-electron chi connectivity index (χ2n) is 3.95. The van der Waals surface area contributed by atoms with Crippen molar-refractivity contribution in [3.05, 3.63) is 29.8 Å². The van der Waals surface area contributed by atoms with Crippen molar-refractivity contribution in [1.82, 2.24) is 5.32 Å². The van der Waals surface area contributed by atoms with E-state index in [9.17, 15) is 9.59 Å². The minimum absolute atomic E-state index is 0.0241. The van der Waals surface area contributed by atoms with Crippen LogP contribution in [0.4, 0.5) is 0 Å². The summed E-state index contributed by atoms with van der Waals surface area (Å²) in [4.78, 5) is 21.7. The van der Waals surface area contributed by atoms with E-state index in [1.54, 1.807) is 12.1 Å². The number of rotatable bonds is 4. The molecule has 5 nitrogen and oxygen atoms in total. The van der Waals surface area contributed by atoms with Gasteiger partial charge in [0, 0.05) is 6.42 Å². The normalized spacial score (nSPS) is 18.8. The zero-order chi connectivity index (χ0) is 12.3. The van der Waals surface area contributed by atoms with Gasteiger partial charge in [-0.2, -0.15) is 0 Å². The Morgan fingerprint density at radius 3 is 3.00 bits per heavy atom. The Hall–Kier alpha value is -2.04. The van der Waals surface area contributed by atoms with E-state index in [4.69, 9.17) is 9.84 Å². The molecule has 1 aliphatic rings. The van der Waals surface area contributed by atoms with Gasteiger partial charge in [0.25, 0.3) is 0 Å². The summed E-state index contributed by atoms with van der Waals surface area (Å²) in [6, 6.07) is 6.33. The molecule has 1 unspecified atom stereocenters. The maximum atomic E-state index is 11.0. The first kappa shape index (κ1) is 11.4. The van der Waals surface area contributed by atoms with Crippen LogP contribution < -0.4 is 10.1 Å². The van der Waals surface area contributed by atoms with E-state index in [2.05, 4.69) is 5.32 Å². The first-order chi connectivity index (χ1) is 8.15. The van der Waals surface area contributed by atoms with Crippen molar-refractivity contribution < 1.29 is 19.4 Å². The molecule has 0 aromatic heterocycles. The van der Waals surface area contributed by atoms with E-state index in [-0.39, 0.29) is 17.5 Å². The lowest BCUT2D eigenvalue weighted by Gasteiger charge is -2.12. The number of carbonyl (C=O) groups excluding carboxylic acids is 1. The summed E-state index contributed by atoms with van der Waals surface area (Å²) in [5.74, 6) is -0.437. The molecular formula is C12H13NO4. The Bertz CT molecular complexity index is 444. The maximum absolute atomic E-state index is 11.0. The van der Waals surface area contributed by atoms with Crippen LogP contribution in [0.15, 0.2) is 24.3 Å². The quantitative estimate of drug-likeness (QED) is 0.817. The fraction of sp³-hybridized carbons (Fsp3) is 0.333. The fourth-order valence-electron chi connectivity index (χ4n) is 1.72. The summed E-state index contributed by atoms with van der Waals surface area (Å²) in [5.41, 5.74) is 0.193. The summed E-state index contributed by atoms with van der Waals surface area (Å²) >= 11 is 0. The topological polar surface area (TPSA) is 75.6 Å². The van der Waals surface area contributed by atoms with Crippen molar-refractivity contribution in [2.24, 2.45) is 0 Å². The van der Waals surface area contributed by atoms with Crippen molar-refractivity contribution in [2.75, 3.05) is 6.61 Å². The molecule has 0 saturated carbocycles. The highest BCUT2D eigenvalue weighted by Gasteiger charge is 2.21. The molecule has 1 heterocycles. The van der Waals surface area contributed by atoms with Gasteiger partial charge in [0.2, 0.25) is 5.91 Å². The van der Waals surface area contributed by atoms with Crippen molar-refractivity contribution in [3.8, 4) is 5.75 Å². The van der Waals surface area contributed by atoms with Crippen molar-refractivity contribution in [1.29, 1.82) is 0 Å². The van der Waals surface area contributed by atoms with Gasteiger partial charge in [-0.05, 0) is 24.6 Å². The van der Waals surface area contributed by atoms with Gasteiger partial charge >= 0.3 is 5.97 Å². The van der Waals surface area contributed by atoms with Crippen molar-refractivity contribution >= 4 is 11.9 Å². The first-order valence-corrected chi connectivity index (χ1v) is 5.40.